The molecule has 0 aliphatic heterocycles. The molecule has 1 heterocycles. The van der Waals surface area contributed by atoms with Gasteiger partial charge < -0.3 is 5.32 Å². The van der Waals surface area contributed by atoms with E-state index < -0.39 is 0 Å². The molecule has 4 atom stereocenters. The van der Waals surface area contributed by atoms with Gasteiger partial charge in [0.1, 0.15) is 0 Å². The standard InChI is InChI=1S/C14H21N3/c1-8-11(7-16-17(8)2)6-15-14-12-9-3-4-10(5-9)13(12)14/h7,9-10,12-15H,3-6H2,1-2H3. The topological polar surface area (TPSA) is 29.9 Å². The van der Waals surface area contributed by atoms with Gasteiger partial charge in [-0.2, -0.15) is 5.10 Å². The van der Waals surface area contributed by atoms with Gasteiger partial charge >= 0.3 is 0 Å². The van der Waals surface area contributed by atoms with Crippen molar-refractivity contribution in [2.75, 3.05) is 0 Å². The van der Waals surface area contributed by atoms with Gasteiger partial charge in [-0.15, -0.1) is 0 Å². The lowest BCUT2D eigenvalue weighted by Gasteiger charge is -2.10. The lowest BCUT2D eigenvalue weighted by Crippen LogP contribution is -2.22. The quantitative estimate of drug-likeness (QED) is 0.860. The van der Waals surface area contributed by atoms with E-state index in [2.05, 4.69) is 17.3 Å². The molecule has 1 aromatic heterocycles. The molecule has 3 aliphatic carbocycles. The molecule has 1 N–H and O–H groups in total. The molecule has 3 fully saturated rings. The first-order chi connectivity index (χ1) is 8.25. The largest absolute Gasteiger partial charge is 0.309 e. The number of hydrogen-bond donors (Lipinski definition) is 1. The van der Waals surface area contributed by atoms with E-state index in [-0.39, 0.29) is 0 Å². The van der Waals surface area contributed by atoms with Crippen LogP contribution in [0.4, 0.5) is 0 Å². The van der Waals surface area contributed by atoms with E-state index in [0.717, 1.165) is 36.3 Å². The van der Waals surface area contributed by atoms with E-state index in [4.69, 9.17) is 0 Å². The van der Waals surface area contributed by atoms with Crippen LogP contribution in [0, 0.1) is 30.6 Å². The summed E-state index contributed by atoms with van der Waals surface area (Å²) >= 11 is 0. The van der Waals surface area contributed by atoms with E-state index >= 15 is 0 Å². The van der Waals surface area contributed by atoms with E-state index in [1.54, 1.807) is 6.42 Å². The number of nitrogens with zero attached hydrogens (tertiary/aromatic N) is 2. The summed E-state index contributed by atoms with van der Waals surface area (Å²) in [5.41, 5.74) is 2.66. The molecule has 0 radical (unpaired) electrons. The van der Waals surface area contributed by atoms with Crippen LogP contribution in [0.5, 0.6) is 0 Å². The van der Waals surface area contributed by atoms with Crippen molar-refractivity contribution in [1.82, 2.24) is 15.1 Å². The summed E-state index contributed by atoms with van der Waals surface area (Å²) < 4.78 is 1.97. The zero-order valence-corrected chi connectivity index (χ0v) is 10.7. The molecule has 0 saturated heterocycles. The van der Waals surface area contributed by atoms with Crippen molar-refractivity contribution >= 4 is 0 Å². The third-order valence-corrected chi connectivity index (χ3v) is 5.60. The summed E-state index contributed by atoms with van der Waals surface area (Å²) in [7, 11) is 2.02. The van der Waals surface area contributed by atoms with Crippen molar-refractivity contribution in [3.63, 3.8) is 0 Å². The first kappa shape index (κ1) is 10.1. The highest BCUT2D eigenvalue weighted by Crippen LogP contribution is 2.65. The fourth-order valence-corrected chi connectivity index (χ4v) is 4.54. The van der Waals surface area contributed by atoms with Gasteiger partial charge in [0.2, 0.25) is 0 Å². The lowest BCUT2D eigenvalue weighted by atomic mass is 10.0. The summed E-state index contributed by atoms with van der Waals surface area (Å²) in [5, 5.41) is 8.08. The van der Waals surface area contributed by atoms with E-state index in [9.17, 15) is 0 Å². The predicted octanol–water partition coefficient (Wildman–Crippen LogP) is 1.86. The van der Waals surface area contributed by atoms with Gasteiger partial charge in [-0.3, -0.25) is 4.68 Å². The Balaban J connectivity index is 1.40. The second-order valence-corrected chi connectivity index (χ2v) is 6.27. The summed E-state index contributed by atoms with van der Waals surface area (Å²) in [6, 6.07) is 0.834. The third-order valence-electron chi connectivity index (χ3n) is 5.60. The Kier molecular flexibility index (Phi) is 1.99. The first-order valence-corrected chi connectivity index (χ1v) is 6.96. The number of rotatable bonds is 3. The molecule has 17 heavy (non-hydrogen) atoms. The number of aromatic nitrogens is 2. The Labute approximate surface area is 103 Å². The Bertz CT molecular complexity index is 434. The van der Waals surface area contributed by atoms with Crippen LogP contribution in [-0.4, -0.2) is 15.8 Å². The van der Waals surface area contributed by atoms with Crippen molar-refractivity contribution < 1.29 is 0 Å². The summed E-state index contributed by atoms with van der Waals surface area (Å²) in [4.78, 5) is 0. The van der Waals surface area contributed by atoms with Crippen LogP contribution >= 0.6 is 0 Å². The molecular formula is C14H21N3. The minimum absolute atomic E-state index is 0.834. The Hall–Kier alpha value is -0.830. The molecule has 3 aliphatic rings. The lowest BCUT2D eigenvalue weighted by molar-refractivity contribution is 0.456. The van der Waals surface area contributed by atoms with Gasteiger partial charge in [-0.1, -0.05) is 0 Å². The average Bonchev–Trinajstić information content (AvgIpc) is 2.66. The van der Waals surface area contributed by atoms with Crippen molar-refractivity contribution in [3.05, 3.63) is 17.5 Å². The molecule has 0 spiro atoms. The Morgan fingerprint density at radius 3 is 2.65 bits per heavy atom. The second kappa shape index (κ2) is 3.35. The first-order valence-electron chi connectivity index (χ1n) is 6.96. The number of hydrogen-bond acceptors (Lipinski definition) is 2. The van der Waals surface area contributed by atoms with Crippen LogP contribution in [0.15, 0.2) is 6.20 Å². The monoisotopic (exact) mass is 231 g/mol. The van der Waals surface area contributed by atoms with Gasteiger partial charge in [0.05, 0.1) is 6.20 Å². The Morgan fingerprint density at radius 1 is 1.35 bits per heavy atom. The van der Waals surface area contributed by atoms with Crippen LogP contribution in [0.25, 0.3) is 0 Å². The highest BCUT2D eigenvalue weighted by molar-refractivity contribution is 5.20. The molecule has 3 heteroatoms. The van der Waals surface area contributed by atoms with Gasteiger partial charge in [-0.25, -0.2) is 0 Å². The van der Waals surface area contributed by atoms with Crippen molar-refractivity contribution in [2.45, 2.75) is 38.8 Å². The van der Waals surface area contributed by atoms with E-state index in [1.165, 1.54) is 24.1 Å². The molecule has 3 saturated carbocycles. The summed E-state index contributed by atoms with van der Waals surface area (Å²) in [5.74, 6) is 4.20. The summed E-state index contributed by atoms with van der Waals surface area (Å²) in [6.45, 7) is 3.16. The molecule has 2 bridgehead atoms. The number of nitrogens with one attached hydrogen (secondary N) is 1. The molecule has 0 amide bonds. The van der Waals surface area contributed by atoms with Crippen molar-refractivity contribution in [3.8, 4) is 0 Å². The normalized spacial score (nSPS) is 41.9. The van der Waals surface area contributed by atoms with Gasteiger partial charge in [0.25, 0.3) is 0 Å². The zero-order valence-electron chi connectivity index (χ0n) is 10.7. The SMILES string of the molecule is Cc1c(CNC2C3C4CCC(C4)C23)cnn1C. The average molecular weight is 231 g/mol. The van der Waals surface area contributed by atoms with Gasteiger partial charge in [0.15, 0.2) is 0 Å². The fraction of sp³-hybridized carbons (Fsp3) is 0.786. The minimum Gasteiger partial charge on any atom is -0.309 e. The molecule has 0 aromatic carbocycles. The van der Waals surface area contributed by atoms with Crippen LogP contribution in [0.3, 0.4) is 0 Å². The van der Waals surface area contributed by atoms with Crippen LogP contribution < -0.4 is 5.32 Å². The van der Waals surface area contributed by atoms with Crippen molar-refractivity contribution in [1.29, 1.82) is 0 Å². The van der Waals surface area contributed by atoms with Crippen LogP contribution in [0.2, 0.25) is 0 Å². The maximum absolute atomic E-state index is 4.31. The highest BCUT2D eigenvalue weighted by atomic mass is 15.3. The summed E-state index contributed by atoms with van der Waals surface area (Å²) in [6.07, 6.45) is 6.57. The van der Waals surface area contributed by atoms with Crippen LogP contribution in [0.1, 0.15) is 30.5 Å². The van der Waals surface area contributed by atoms with E-state index in [1.807, 2.05) is 17.9 Å². The Morgan fingerprint density at radius 2 is 2.06 bits per heavy atom. The minimum atomic E-state index is 0.834. The molecule has 92 valence electrons. The van der Waals surface area contributed by atoms with Crippen molar-refractivity contribution in [2.24, 2.45) is 30.7 Å². The third kappa shape index (κ3) is 1.35. The van der Waals surface area contributed by atoms with Gasteiger partial charge in [0, 0.05) is 30.9 Å². The number of aryl methyl sites for hydroxylation is 1. The predicted molar refractivity (Wildman–Crippen MR) is 66.4 cm³/mol. The smallest absolute Gasteiger partial charge is 0.0537 e. The van der Waals surface area contributed by atoms with Crippen LogP contribution in [-0.2, 0) is 13.6 Å². The molecule has 4 unspecified atom stereocenters. The molecule has 3 nitrogen and oxygen atoms in total. The second-order valence-electron chi connectivity index (χ2n) is 6.27. The highest BCUT2D eigenvalue weighted by Gasteiger charge is 2.64. The maximum atomic E-state index is 4.31. The molecule has 4 rings (SSSR count). The molecule has 1 aromatic rings. The zero-order chi connectivity index (χ0) is 11.6. The molecular weight excluding hydrogens is 210 g/mol. The van der Waals surface area contributed by atoms with Gasteiger partial charge in [-0.05, 0) is 49.9 Å². The fourth-order valence-electron chi connectivity index (χ4n) is 4.54. The maximum Gasteiger partial charge on any atom is 0.0537 e. The number of fused-ring (bicyclic) bond motifs is 5. The van der Waals surface area contributed by atoms with E-state index in [0.29, 0.717) is 0 Å².